The van der Waals surface area contributed by atoms with Gasteiger partial charge in [-0.15, -0.1) is 0 Å². The Hall–Kier alpha value is -1.51. The third-order valence-electron chi connectivity index (χ3n) is 2.46. The lowest BCUT2D eigenvalue weighted by Gasteiger charge is -2.09. The van der Waals surface area contributed by atoms with Gasteiger partial charge in [0.15, 0.2) is 11.5 Å². The van der Waals surface area contributed by atoms with E-state index in [-0.39, 0.29) is 0 Å². The molecule has 0 aliphatic rings. The van der Waals surface area contributed by atoms with Gasteiger partial charge in [-0.1, -0.05) is 19.1 Å². The number of rotatable bonds is 8. The molecular weight excluding hydrogens is 216 g/mol. The number of methoxy groups -OCH3 is 1. The number of carbonyl (C=O) groups is 1. The van der Waals surface area contributed by atoms with Crippen molar-refractivity contribution in [1.29, 1.82) is 0 Å². The maximum Gasteiger partial charge on any atom is 0.161 e. The first kappa shape index (κ1) is 13.6. The van der Waals surface area contributed by atoms with Gasteiger partial charge in [0, 0.05) is 12.8 Å². The van der Waals surface area contributed by atoms with E-state index in [1.807, 2.05) is 31.2 Å². The van der Waals surface area contributed by atoms with Crippen LogP contribution < -0.4 is 9.47 Å². The molecule has 0 unspecified atom stereocenters. The monoisotopic (exact) mass is 236 g/mol. The number of ketones is 1. The van der Waals surface area contributed by atoms with Gasteiger partial charge in [-0.25, -0.2) is 0 Å². The normalized spacial score (nSPS) is 10.0. The van der Waals surface area contributed by atoms with Crippen LogP contribution in [0.15, 0.2) is 24.3 Å². The lowest BCUT2D eigenvalue weighted by Crippen LogP contribution is -2.03. The topological polar surface area (TPSA) is 35.5 Å². The number of carbonyl (C=O) groups excluding carboxylic acids is 1. The molecule has 1 rings (SSSR count). The highest BCUT2D eigenvalue weighted by Crippen LogP contribution is 2.25. The van der Waals surface area contributed by atoms with E-state index >= 15 is 0 Å². The second kappa shape index (κ2) is 7.71. The Morgan fingerprint density at radius 2 is 1.88 bits per heavy atom. The smallest absolute Gasteiger partial charge is 0.161 e. The number of para-hydroxylation sites is 2. The van der Waals surface area contributed by atoms with Gasteiger partial charge in [-0.2, -0.15) is 0 Å². The summed E-state index contributed by atoms with van der Waals surface area (Å²) in [4.78, 5) is 11.3. The van der Waals surface area contributed by atoms with Gasteiger partial charge >= 0.3 is 0 Å². The van der Waals surface area contributed by atoms with Crippen molar-refractivity contribution in [2.45, 2.75) is 32.6 Å². The van der Waals surface area contributed by atoms with Gasteiger partial charge in [-0.3, -0.25) is 4.79 Å². The second-order valence-corrected chi connectivity index (χ2v) is 3.89. The molecule has 0 atom stereocenters. The molecule has 0 spiro atoms. The highest BCUT2D eigenvalue weighted by molar-refractivity contribution is 5.78. The molecule has 0 N–H and O–H groups in total. The molecule has 0 aromatic heterocycles. The van der Waals surface area contributed by atoms with E-state index in [4.69, 9.17) is 9.47 Å². The zero-order valence-electron chi connectivity index (χ0n) is 10.6. The second-order valence-electron chi connectivity index (χ2n) is 3.89. The largest absolute Gasteiger partial charge is 0.493 e. The van der Waals surface area contributed by atoms with E-state index in [2.05, 4.69) is 0 Å². The molecular formula is C14H20O3. The molecule has 0 bridgehead atoms. The van der Waals surface area contributed by atoms with Gasteiger partial charge in [-0.05, 0) is 25.0 Å². The Bertz CT molecular complexity index is 347. The number of Topliss-reactive ketones (excluding diaryl/α,β-unsaturated/α-hetero) is 1. The summed E-state index contributed by atoms with van der Waals surface area (Å²) in [6, 6.07) is 7.53. The lowest BCUT2D eigenvalue weighted by molar-refractivity contribution is -0.119. The average molecular weight is 236 g/mol. The number of hydrogen-bond donors (Lipinski definition) is 0. The van der Waals surface area contributed by atoms with Gasteiger partial charge in [0.2, 0.25) is 0 Å². The minimum Gasteiger partial charge on any atom is -0.493 e. The van der Waals surface area contributed by atoms with Crippen LogP contribution in [0.1, 0.15) is 32.6 Å². The predicted molar refractivity (Wildman–Crippen MR) is 67.6 cm³/mol. The maximum atomic E-state index is 11.3. The summed E-state index contributed by atoms with van der Waals surface area (Å²) in [6.07, 6.45) is 2.96. The number of benzene rings is 1. The summed E-state index contributed by atoms with van der Waals surface area (Å²) in [5.41, 5.74) is 0. The van der Waals surface area contributed by atoms with Crippen molar-refractivity contribution in [3.63, 3.8) is 0 Å². The standard InChI is InChI=1S/C14H20O3/c1-3-7-12(15)8-6-11-17-14-10-5-4-9-13(14)16-2/h4-5,9-10H,3,6-8,11H2,1-2H3. The third kappa shape index (κ3) is 4.89. The van der Waals surface area contributed by atoms with Crippen LogP contribution in [-0.4, -0.2) is 19.5 Å². The van der Waals surface area contributed by atoms with Crippen molar-refractivity contribution in [3.05, 3.63) is 24.3 Å². The molecule has 0 radical (unpaired) electrons. The van der Waals surface area contributed by atoms with Crippen molar-refractivity contribution < 1.29 is 14.3 Å². The fourth-order valence-electron chi connectivity index (χ4n) is 1.59. The Morgan fingerprint density at radius 3 is 2.53 bits per heavy atom. The molecule has 17 heavy (non-hydrogen) atoms. The molecule has 0 aliphatic carbocycles. The molecule has 0 aliphatic heterocycles. The number of hydrogen-bond acceptors (Lipinski definition) is 3. The van der Waals surface area contributed by atoms with Crippen molar-refractivity contribution in [2.24, 2.45) is 0 Å². The summed E-state index contributed by atoms with van der Waals surface area (Å²) in [6.45, 7) is 2.57. The SMILES string of the molecule is CCCC(=O)CCCOc1ccccc1OC. The van der Waals surface area contributed by atoms with Gasteiger partial charge in [0.1, 0.15) is 5.78 Å². The minimum atomic E-state index is 0.316. The molecule has 1 aromatic rings. The summed E-state index contributed by atoms with van der Waals surface area (Å²) in [5, 5.41) is 0. The maximum absolute atomic E-state index is 11.3. The fraction of sp³-hybridized carbons (Fsp3) is 0.500. The lowest BCUT2D eigenvalue weighted by atomic mass is 10.1. The van der Waals surface area contributed by atoms with Crippen LogP contribution in [0, 0.1) is 0 Å². The summed E-state index contributed by atoms with van der Waals surface area (Å²) in [7, 11) is 1.62. The van der Waals surface area contributed by atoms with Crippen LogP contribution in [0.3, 0.4) is 0 Å². The van der Waals surface area contributed by atoms with E-state index in [9.17, 15) is 4.79 Å². The highest BCUT2D eigenvalue weighted by atomic mass is 16.5. The quantitative estimate of drug-likeness (QED) is 0.650. The summed E-state index contributed by atoms with van der Waals surface area (Å²) < 4.78 is 10.7. The molecule has 0 saturated heterocycles. The van der Waals surface area contributed by atoms with E-state index in [0.29, 0.717) is 25.2 Å². The first-order valence-electron chi connectivity index (χ1n) is 6.05. The minimum absolute atomic E-state index is 0.316. The van der Waals surface area contributed by atoms with Crippen LogP contribution in [0.2, 0.25) is 0 Å². The zero-order chi connectivity index (χ0) is 12.5. The Balaban J connectivity index is 2.28. The Morgan fingerprint density at radius 1 is 1.18 bits per heavy atom. The molecule has 94 valence electrons. The fourth-order valence-corrected chi connectivity index (χ4v) is 1.59. The Labute approximate surface area is 103 Å². The van der Waals surface area contributed by atoms with E-state index in [1.165, 1.54) is 0 Å². The first-order chi connectivity index (χ1) is 8.27. The van der Waals surface area contributed by atoms with Gasteiger partial charge in [0.25, 0.3) is 0 Å². The van der Waals surface area contributed by atoms with Crippen molar-refractivity contribution in [2.75, 3.05) is 13.7 Å². The predicted octanol–water partition coefficient (Wildman–Crippen LogP) is 3.22. The average Bonchev–Trinajstić information content (AvgIpc) is 2.35. The van der Waals surface area contributed by atoms with Crippen LogP contribution >= 0.6 is 0 Å². The molecule has 3 nitrogen and oxygen atoms in total. The van der Waals surface area contributed by atoms with E-state index in [0.717, 1.165) is 24.3 Å². The molecule has 3 heteroatoms. The summed E-state index contributed by atoms with van der Waals surface area (Å²) >= 11 is 0. The van der Waals surface area contributed by atoms with Crippen molar-refractivity contribution in [1.82, 2.24) is 0 Å². The van der Waals surface area contributed by atoms with Gasteiger partial charge < -0.3 is 9.47 Å². The molecule has 0 saturated carbocycles. The van der Waals surface area contributed by atoms with E-state index in [1.54, 1.807) is 7.11 Å². The third-order valence-corrected chi connectivity index (χ3v) is 2.46. The first-order valence-corrected chi connectivity index (χ1v) is 6.05. The van der Waals surface area contributed by atoms with Crippen molar-refractivity contribution in [3.8, 4) is 11.5 Å². The zero-order valence-corrected chi connectivity index (χ0v) is 10.6. The summed E-state index contributed by atoms with van der Waals surface area (Å²) in [5.74, 6) is 1.78. The van der Waals surface area contributed by atoms with E-state index < -0.39 is 0 Å². The van der Waals surface area contributed by atoms with Crippen molar-refractivity contribution >= 4 is 5.78 Å². The molecule has 1 aromatic carbocycles. The highest BCUT2D eigenvalue weighted by Gasteiger charge is 2.03. The molecule has 0 fully saturated rings. The molecule has 0 heterocycles. The van der Waals surface area contributed by atoms with Crippen LogP contribution in [-0.2, 0) is 4.79 Å². The molecule has 0 amide bonds. The van der Waals surface area contributed by atoms with Crippen LogP contribution in [0.5, 0.6) is 11.5 Å². The number of ether oxygens (including phenoxy) is 2. The Kier molecular flexibility index (Phi) is 6.15. The van der Waals surface area contributed by atoms with Gasteiger partial charge in [0.05, 0.1) is 13.7 Å². The van der Waals surface area contributed by atoms with Crippen LogP contribution in [0.4, 0.5) is 0 Å². The van der Waals surface area contributed by atoms with Crippen LogP contribution in [0.25, 0.3) is 0 Å².